The van der Waals surface area contributed by atoms with Crippen LogP contribution in [0.1, 0.15) is 53.1 Å². The van der Waals surface area contributed by atoms with Crippen molar-refractivity contribution in [3.05, 3.63) is 81.5 Å². The van der Waals surface area contributed by atoms with Crippen LogP contribution in [0, 0.1) is 6.92 Å². The Labute approximate surface area is 189 Å². The van der Waals surface area contributed by atoms with Crippen LogP contribution in [0.15, 0.2) is 58.7 Å². The topological polar surface area (TPSA) is 108 Å². The first kappa shape index (κ1) is 22.1. The molecule has 9 heteroatoms. The molecule has 4 aromatic rings. The average Bonchev–Trinajstić information content (AvgIpc) is 2.80. The summed E-state index contributed by atoms with van der Waals surface area (Å²) in [5.41, 5.74) is 1.73. The largest absolute Gasteiger partial charge is 0.462 e. The van der Waals surface area contributed by atoms with E-state index in [-0.39, 0.29) is 34.6 Å². The lowest BCUT2D eigenvalue weighted by Gasteiger charge is -2.18. The van der Waals surface area contributed by atoms with E-state index >= 15 is 0 Å². The molecule has 0 fully saturated rings. The van der Waals surface area contributed by atoms with Gasteiger partial charge < -0.3 is 9.30 Å². The predicted molar refractivity (Wildman–Crippen MR) is 122 cm³/mol. The van der Waals surface area contributed by atoms with Crippen LogP contribution in [0.3, 0.4) is 0 Å². The fourth-order valence-corrected chi connectivity index (χ4v) is 3.67. The van der Waals surface area contributed by atoms with Crippen LogP contribution in [-0.4, -0.2) is 37.4 Å². The summed E-state index contributed by atoms with van der Waals surface area (Å²) in [5, 5.41) is 0.227. The second kappa shape index (κ2) is 8.78. The predicted octanol–water partition coefficient (Wildman–Crippen LogP) is 2.85. The number of ether oxygens (including phenoxy) is 1. The molecule has 1 amide bonds. The molecule has 0 saturated heterocycles. The molecule has 0 aliphatic carbocycles. The van der Waals surface area contributed by atoms with Gasteiger partial charge in [-0.1, -0.05) is 6.07 Å². The molecule has 0 unspecified atom stereocenters. The SMILES string of the molecule is CCOC(=O)c1cc2c(=O)n3cccc(C)c3nc2n(C(C)C)c1=NC(=O)c1ccncc1. The van der Waals surface area contributed by atoms with E-state index in [9.17, 15) is 14.4 Å². The number of aromatic nitrogens is 4. The fourth-order valence-electron chi connectivity index (χ4n) is 3.67. The molecule has 4 heterocycles. The number of fused-ring (bicyclic) bond motifs is 2. The first-order chi connectivity index (χ1) is 15.8. The smallest absolute Gasteiger partial charge is 0.341 e. The van der Waals surface area contributed by atoms with Gasteiger partial charge in [0.2, 0.25) is 0 Å². The van der Waals surface area contributed by atoms with Gasteiger partial charge in [0.15, 0.2) is 5.49 Å². The highest BCUT2D eigenvalue weighted by molar-refractivity contribution is 5.97. The number of rotatable bonds is 4. The summed E-state index contributed by atoms with van der Waals surface area (Å²) in [6, 6.07) is 7.84. The number of esters is 1. The van der Waals surface area contributed by atoms with Crippen molar-refractivity contribution in [3.63, 3.8) is 0 Å². The Morgan fingerprint density at radius 2 is 1.88 bits per heavy atom. The number of hydrogen-bond donors (Lipinski definition) is 0. The van der Waals surface area contributed by atoms with Crippen molar-refractivity contribution in [3.8, 4) is 0 Å². The standard InChI is InChI=1S/C24H23N5O4/c1-5-33-24(32)18-13-17-20(26-19-15(4)7-6-12-28(19)23(17)31)29(14(2)3)21(18)27-22(30)16-8-10-25-11-9-16/h6-14H,5H2,1-4H3. The number of nitrogens with zero attached hydrogens (tertiary/aromatic N) is 5. The molecule has 0 saturated carbocycles. The maximum absolute atomic E-state index is 13.4. The lowest BCUT2D eigenvalue weighted by Crippen LogP contribution is -2.33. The Kier molecular flexibility index (Phi) is 5.87. The van der Waals surface area contributed by atoms with E-state index in [2.05, 4.69) is 9.98 Å². The molecule has 0 atom stereocenters. The van der Waals surface area contributed by atoms with Gasteiger partial charge in [-0.05, 0) is 57.5 Å². The summed E-state index contributed by atoms with van der Waals surface area (Å²) < 4.78 is 8.30. The number of hydrogen-bond acceptors (Lipinski definition) is 6. The van der Waals surface area contributed by atoms with E-state index in [1.165, 1.54) is 35.0 Å². The fraction of sp³-hybridized carbons (Fsp3) is 0.250. The summed E-state index contributed by atoms with van der Waals surface area (Å²) in [5.74, 6) is -1.23. The molecule has 0 radical (unpaired) electrons. The van der Waals surface area contributed by atoms with Crippen LogP contribution in [0.5, 0.6) is 0 Å². The maximum Gasteiger partial charge on any atom is 0.341 e. The van der Waals surface area contributed by atoms with Gasteiger partial charge in [-0.15, -0.1) is 0 Å². The Morgan fingerprint density at radius 1 is 1.15 bits per heavy atom. The summed E-state index contributed by atoms with van der Waals surface area (Å²) >= 11 is 0. The van der Waals surface area contributed by atoms with E-state index in [1.54, 1.807) is 23.8 Å². The monoisotopic (exact) mass is 445 g/mol. The first-order valence-electron chi connectivity index (χ1n) is 10.6. The van der Waals surface area contributed by atoms with Gasteiger partial charge in [-0.2, -0.15) is 4.99 Å². The third-order valence-corrected chi connectivity index (χ3v) is 5.20. The van der Waals surface area contributed by atoms with Gasteiger partial charge in [-0.25, -0.2) is 9.78 Å². The lowest BCUT2D eigenvalue weighted by atomic mass is 10.1. The van der Waals surface area contributed by atoms with Crippen molar-refractivity contribution in [2.45, 2.75) is 33.7 Å². The molecule has 0 aliphatic rings. The van der Waals surface area contributed by atoms with Crippen molar-refractivity contribution in [1.29, 1.82) is 0 Å². The zero-order chi connectivity index (χ0) is 23.7. The minimum absolute atomic E-state index is 0.0203. The maximum atomic E-state index is 13.4. The first-order valence-corrected chi connectivity index (χ1v) is 10.6. The molecular weight excluding hydrogens is 422 g/mol. The molecule has 4 rings (SSSR count). The van der Waals surface area contributed by atoms with E-state index in [0.29, 0.717) is 16.9 Å². The quantitative estimate of drug-likeness (QED) is 0.353. The molecule has 168 valence electrons. The molecule has 0 aromatic carbocycles. The molecule has 33 heavy (non-hydrogen) atoms. The summed E-state index contributed by atoms with van der Waals surface area (Å²) in [6.07, 6.45) is 4.61. The average molecular weight is 445 g/mol. The molecule has 0 bridgehead atoms. The second-order valence-electron chi connectivity index (χ2n) is 7.76. The van der Waals surface area contributed by atoms with E-state index in [0.717, 1.165) is 5.56 Å². The van der Waals surface area contributed by atoms with Gasteiger partial charge in [0.1, 0.15) is 16.9 Å². The van der Waals surface area contributed by atoms with E-state index < -0.39 is 11.9 Å². The molecule has 9 nitrogen and oxygen atoms in total. The third kappa shape index (κ3) is 3.93. The molecule has 0 N–H and O–H groups in total. The van der Waals surface area contributed by atoms with Gasteiger partial charge in [0.25, 0.3) is 11.5 Å². The van der Waals surface area contributed by atoms with Crippen LogP contribution >= 0.6 is 0 Å². The van der Waals surface area contributed by atoms with Gasteiger partial charge in [0.05, 0.1) is 12.0 Å². The molecule has 0 aliphatic heterocycles. The van der Waals surface area contributed by atoms with Crippen LogP contribution in [0.25, 0.3) is 16.7 Å². The number of carbonyl (C=O) groups excluding carboxylic acids is 2. The number of aryl methyl sites for hydroxylation is 1. The summed E-state index contributed by atoms with van der Waals surface area (Å²) in [7, 11) is 0. The van der Waals surface area contributed by atoms with Crippen molar-refractivity contribution < 1.29 is 14.3 Å². The lowest BCUT2D eigenvalue weighted by molar-refractivity contribution is 0.0523. The Bertz CT molecular complexity index is 1520. The van der Waals surface area contributed by atoms with Crippen LogP contribution in [0.4, 0.5) is 0 Å². The van der Waals surface area contributed by atoms with Crippen molar-refractivity contribution >= 4 is 28.6 Å². The number of pyridine rings is 3. The van der Waals surface area contributed by atoms with Gasteiger partial charge in [-0.3, -0.25) is 19.0 Å². The van der Waals surface area contributed by atoms with Crippen LogP contribution in [0.2, 0.25) is 0 Å². The highest BCUT2D eigenvalue weighted by Gasteiger charge is 2.21. The Morgan fingerprint density at radius 3 is 2.55 bits per heavy atom. The Hall–Kier alpha value is -4.14. The minimum atomic E-state index is -0.677. The van der Waals surface area contributed by atoms with Crippen LogP contribution < -0.4 is 11.0 Å². The Balaban J connectivity index is 2.18. The van der Waals surface area contributed by atoms with Crippen molar-refractivity contribution in [2.75, 3.05) is 6.61 Å². The van der Waals surface area contributed by atoms with Crippen molar-refractivity contribution in [2.24, 2.45) is 4.99 Å². The minimum Gasteiger partial charge on any atom is -0.462 e. The van der Waals surface area contributed by atoms with Gasteiger partial charge >= 0.3 is 5.97 Å². The molecule has 0 spiro atoms. The normalized spacial score (nSPS) is 12.0. The zero-order valence-corrected chi connectivity index (χ0v) is 18.8. The van der Waals surface area contributed by atoms with Crippen LogP contribution in [-0.2, 0) is 4.74 Å². The van der Waals surface area contributed by atoms with Gasteiger partial charge in [0, 0.05) is 30.2 Å². The van der Waals surface area contributed by atoms with E-state index in [4.69, 9.17) is 9.72 Å². The molecular formula is C24H23N5O4. The number of carbonyl (C=O) groups is 2. The zero-order valence-electron chi connectivity index (χ0n) is 18.8. The van der Waals surface area contributed by atoms with Crippen molar-refractivity contribution in [1.82, 2.24) is 18.9 Å². The highest BCUT2D eigenvalue weighted by atomic mass is 16.5. The summed E-state index contributed by atoms with van der Waals surface area (Å²) in [4.78, 5) is 52.1. The highest BCUT2D eigenvalue weighted by Crippen LogP contribution is 2.17. The summed E-state index contributed by atoms with van der Waals surface area (Å²) in [6.45, 7) is 7.40. The number of amides is 1. The second-order valence-corrected chi connectivity index (χ2v) is 7.76. The molecule has 4 aromatic heterocycles. The third-order valence-electron chi connectivity index (χ3n) is 5.20. The van der Waals surface area contributed by atoms with E-state index in [1.807, 2.05) is 26.8 Å².